The van der Waals surface area contributed by atoms with Crippen molar-refractivity contribution in [1.82, 2.24) is 9.21 Å². The zero-order valence-electron chi connectivity index (χ0n) is 21.9. The summed E-state index contributed by atoms with van der Waals surface area (Å²) in [6.45, 7) is -0.258. The topological polar surface area (TPSA) is 94.6 Å². The van der Waals surface area contributed by atoms with E-state index in [9.17, 15) is 13.2 Å². The van der Waals surface area contributed by atoms with Crippen molar-refractivity contribution in [3.63, 3.8) is 0 Å². The first-order valence-corrected chi connectivity index (χ1v) is 13.4. The highest BCUT2D eigenvalue weighted by Crippen LogP contribution is 2.38. The summed E-state index contributed by atoms with van der Waals surface area (Å²) in [5.41, 5.74) is 1.43. The van der Waals surface area contributed by atoms with Gasteiger partial charge in [0.05, 0.1) is 35.0 Å². The lowest BCUT2D eigenvalue weighted by atomic mass is 10.1. The zero-order chi connectivity index (χ0) is 27.9. The summed E-state index contributed by atoms with van der Waals surface area (Å²) < 4.78 is 50.1. The summed E-state index contributed by atoms with van der Waals surface area (Å²) in [5.74, 6) is 1.04. The van der Waals surface area contributed by atoms with Crippen LogP contribution in [0.25, 0.3) is 0 Å². The molecule has 0 atom stereocenters. The minimum Gasteiger partial charge on any atom is -0.495 e. The number of methoxy groups -OCH3 is 4. The second-order valence-corrected chi connectivity index (χ2v) is 10.7. The van der Waals surface area contributed by atoms with Crippen LogP contribution >= 0.6 is 11.6 Å². The third-order valence-electron chi connectivity index (χ3n) is 5.83. The molecule has 0 radical (unpaired) electrons. The Bertz CT molecular complexity index is 1340. The Labute approximate surface area is 228 Å². The van der Waals surface area contributed by atoms with E-state index in [1.54, 1.807) is 43.4 Å². The van der Waals surface area contributed by atoms with Crippen LogP contribution in [0, 0.1) is 0 Å². The Kier molecular flexibility index (Phi) is 9.84. The van der Waals surface area contributed by atoms with Gasteiger partial charge in [-0.05, 0) is 41.5 Å². The summed E-state index contributed by atoms with van der Waals surface area (Å²) in [6, 6.07) is 16.8. The van der Waals surface area contributed by atoms with Gasteiger partial charge < -0.3 is 23.8 Å². The minimum absolute atomic E-state index is 0.0252. The van der Waals surface area contributed by atoms with Gasteiger partial charge in [0, 0.05) is 25.2 Å². The van der Waals surface area contributed by atoms with E-state index in [4.69, 9.17) is 30.5 Å². The Hall–Kier alpha value is -3.47. The van der Waals surface area contributed by atoms with Crippen LogP contribution in [0.2, 0.25) is 5.02 Å². The SMILES string of the molecule is COc1ccc(Cl)cc1S(=O)(=O)N(CC(=O)N(C)Cc1cc(OC)c(OC)c(OC)c1)Cc1ccccc1. The molecule has 3 rings (SSSR count). The summed E-state index contributed by atoms with van der Waals surface area (Å²) in [6.07, 6.45) is 0. The minimum atomic E-state index is -4.18. The first-order chi connectivity index (χ1) is 18.1. The van der Waals surface area contributed by atoms with Gasteiger partial charge in [-0.25, -0.2) is 8.42 Å². The highest BCUT2D eigenvalue weighted by molar-refractivity contribution is 7.89. The molecule has 11 heteroatoms. The number of likely N-dealkylation sites (N-methyl/N-ethyl adjacent to an activating group) is 1. The van der Waals surface area contributed by atoms with Gasteiger partial charge in [0.1, 0.15) is 10.6 Å². The Morgan fingerprint density at radius 2 is 1.39 bits per heavy atom. The fourth-order valence-electron chi connectivity index (χ4n) is 3.86. The summed E-state index contributed by atoms with van der Waals surface area (Å²) in [7, 11) is 3.31. The second kappa shape index (κ2) is 12.9. The van der Waals surface area contributed by atoms with Crippen LogP contribution in [-0.2, 0) is 27.9 Å². The fourth-order valence-corrected chi connectivity index (χ4v) is 5.66. The molecule has 0 unspecified atom stereocenters. The van der Waals surface area contributed by atoms with Crippen LogP contribution < -0.4 is 18.9 Å². The molecule has 0 bridgehead atoms. The molecule has 0 saturated heterocycles. The predicted octanol–water partition coefficient (Wildman–Crippen LogP) is 4.22. The third kappa shape index (κ3) is 6.69. The molecular formula is C27H31ClN2O7S. The Balaban J connectivity index is 1.92. The van der Waals surface area contributed by atoms with E-state index in [1.807, 2.05) is 6.07 Å². The number of ether oxygens (including phenoxy) is 4. The Morgan fingerprint density at radius 3 is 1.95 bits per heavy atom. The number of hydrogen-bond acceptors (Lipinski definition) is 7. The number of amides is 1. The molecule has 0 N–H and O–H groups in total. The van der Waals surface area contributed by atoms with Crippen LogP contribution in [0.4, 0.5) is 0 Å². The lowest BCUT2D eigenvalue weighted by Gasteiger charge is -2.26. The van der Waals surface area contributed by atoms with Crippen molar-refractivity contribution < 1.29 is 32.2 Å². The first kappa shape index (κ1) is 29.1. The molecule has 9 nitrogen and oxygen atoms in total. The number of halogens is 1. The molecule has 0 fully saturated rings. The van der Waals surface area contributed by atoms with Crippen molar-refractivity contribution in [3.8, 4) is 23.0 Å². The summed E-state index contributed by atoms with van der Waals surface area (Å²) in [4.78, 5) is 14.7. The molecule has 0 aliphatic carbocycles. The van der Waals surface area contributed by atoms with Crippen molar-refractivity contribution in [2.24, 2.45) is 0 Å². The largest absolute Gasteiger partial charge is 0.495 e. The molecule has 0 aromatic heterocycles. The standard InChI is InChI=1S/C27H31ClN2O7S/c1-29(16-20-13-23(35-3)27(37-5)24(14-20)36-4)26(31)18-30(17-19-9-7-6-8-10-19)38(32,33)25-15-21(28)11-12-22(25)34-2/h6-15H,16-18H2,1-5H3. The van der Waals surface area contributed by atoms with Gasteiger partial charge in [0.2, 0.25) is 21.7 Å². The molecule has 0 aliphatic heterocycles. The average Bonchev–Trinajstić information content (AvgIpc) is 2.92. The van der Waals surface area contributed by atoms with Gasteiger partial charge in [-0.2, -0.15) is 4.31 Å². The van der Waals surface area contributed by atoms with Crippen molar-refractivity contribution >= 4 is 27.5 Å². The maximum absolute atomic E-state index is 13.8. The van der Waals surface area contributed by atoms with Gasteiger partial charge in [0.25, 0.3) is 0 Å². The molecule has 3 aromatic rings. The van der Waals surface area contributed by atoms with E-state index in [-0.39, 0.29) is 28.8 Å². The van der Waals surface area contributed by atoms with Crippen LogP contribution in [0.5, 0.6) is 23.0 Å². The number of benzene rings is 3. The maximum Gasteiger partial charge on any atom is 0.247 e. The fraction of sp³-hybridized carbons (Fsp3) is 0.296. The van der Waals surface area contributed by atoms with Crippen molar-refractivity contribution in [1.29, 1.82) is 0 Å². The number of sulfonamides is 1. The van der Waals surface area contributed by atoms with E-state index >= 15 is 0 Å². The summed E-state index contributed by atoms with van der Waals surface area (Å²) >= 11 is 6.12. The number of hydrogen-bond donors (Lipinski definition) is 0. The van der Waals surface area contributed by atoms with Crippen LogP contribution in [0.15, 0.2) is 65.6 Å². The van der Waals surface area contributed by atoms with Gasteiger partial charge in [-0.3, -0.25) is 4.79 Å². The monoisotopic (exact) mass is 562 g/mol. The van der Waals surface area contributed by atoms with E-state index < -0.39 is 22.5 Å². The molecule has 0 spiro atoms. The van der Waals surface area contributed by atoms with Crippen LogP contribution in [0.3, 0.4) is 0 Å². The highest BCUT2D eigenvalue weighted by Gasteiger charge is 2.31. The lowest BCUT2D eigenvalue weighted by molar-refractivity contribution is -0.130. The van der Waals surface area contributed by atoms with Crippen LogP contribution in [-0.4, -0.2) is 65.6 Å². The van der Waals surface area contributed by atoms with Crippen molar-refractivity contribution in [3.05, 3.63) is 76.8 Å². The van der Waals surface area contributed by atoms with E-state index in [2.05, 4.69) is 0 Å². The first-order valence-electron chi connectivity index (χ1n) is 11.5. The molecule has 0 aliphatic rings. The average molecular weight is 563 g/mol. The molecule has 38 heavy (non-hydrogen) atoms. The molecule has 0 saturated carbocycles. The van der Waals surface area contributed by atoms with E-state index in [1.165, 1.54) is 51.5 Å². The number of carbonyl (C=O) groups is 1. The molecule has 0 heterocycles. The molecule has 3 aromatic carbocycles. The van der Waals surface area contributed by atoms with E-state index in [0.29, 0.717) is 22.8 Å². The molecular weight excluding hydrogens is 532 g/mol. The number of rotatable bonds is 12. The highest BCUT2D eigenvalue weighted by atomic mass is 35.5. The molecule has 204 valence electrons. The third-order valence-corrected chi connectivity index (χ3v) is 7.87. The van der Waals surface area contributed by atoms with Gasteiger partial charge in [-0.1, -0.05) is 41.9 Å². The maximum atomic E-state index is 13.8. The predicted molar refractivity (Wildman–Crippen MR) is 145 cm³/mol. The quantitative estimate of drug-likeness (QED) is 0.326. The van der Waals surface area contributed by atoms with Crippen molar-refractivity contribution in [2.45, 2.75) is 18.0 Å². The summed E-state index contributed by atoms with van der Waals surface area (Å²) in [5, 5.41) is 0.231. The van der Waals surface area contributed by atoms with Crippen molar-refractivity contribution in [2.75, 3.05) is 42.0 Å². The smallest absolute Gasteiger partial charge is 0.247 e. The second-order valence-electron chi connectivity index (χ2n) is 8.34. The van der Waals surface area contributed by atoms with Gasteiger partial charge >= 0.3 is 0 Å². The Morgan fingerprint density at radius 1 is 0.789 bits per heavy atom. The molecule has 1 amide bonds. The number of nitrogens with zero attached hydrogens (tertiary/aromatic N) is 2. The van der Waals surface area contributed by atoms with Crippen LogP contribution in [0.1, 0.15) is 11.1 Å². The lowest BCUT2D eigenvalue weighted by Crippen LogP contribution is -2.41. The zero-order valence-corrected chi connectivity index (χ0v) is 23.5. The number of carbonyl (C=O) groups excluding carboxylic acids is 1. The van der Waals surface area contributed by atoms with Gasteiger partial charge in [-0.15, -0.1) is 0 Å². The van der Waals surface area contributed by atoms with Gasteiger partial charge in [0.15, 0.2) is 11.5 Å². The van der Waals surface area contributed by atoms with E-state index in [0.717, 1.165) is 9.87 Å². The normalized spacial score (nSPS) is 11.2.